The van der Waals surface area contributed by atoms with Crippen molar-refractivity contribution in [3.05, 3.63) is 48.3 Å². The zero-order valence-electron chi connectivity index (χ0n) is 19.3. The Bertz CT molecular complexity index is 986. The summed E-state index contributed by atoms with van der Waals surface area (Å²) < 4.78 is 45.9. The van der Waals surface area contributed by atoms with Crippen molar-refractivity contribution >= 4 is 11.9 Å². The molecule has 2 aliphatic rings. The van der Waals surface area contributed by atoms with E-state index in [2.05, 4.69) is 33.5 Å². The van der Waals surface area contributed by atoms with Gasteiger partial charge < -0.3 is 19.9 Å². The second-order valence-corrected chi connectivity index (χ2v) is 8.54. The summed E-state index contributed by atoms with van der Waals surface area (Å²) in [5.41, 5.74) is 2.04. The van der Waals surface area contributed by atoms with E-state index in [0.717, 1.165) is 38.2 Å². The smallest absolute Gasteiger partial charge is 0.475 e. The summed E-state index contributed by atoms with van der Waals surface area (Å²) in [6, 6.07) is 10.3. The summed E-state index contributed by atoms with van der Waals surface area (Å²) in [5.74, 6) is -2.77. The van der Waals surface area contributed by atoms with E-state index in [0.29, 0.717) is 19.8 Å². The molecule has 2 aliphatic heterocycles. The molecule has 35 heavy (non-hydrogen) atoms. The highest BCUT2D eigenvalue weighted by Crippen LogP contribution is 2.33. The van der Waals surface area contributed by atoms with Crippen molar-refractivity contribution in [2.24, 2.45) is 0 Å². The maximum Gasteiger partial charge on any atom is 0.490 e. The van der Waals surface area contributed by atoms with Crippen LogP contribution in [0.15, 0.2) is 42.7 Å². The third-order valence-corrected chi connectivity index (χ3v) is 5.73. The Morgan fingerprint density at radius 2 is 2.03 bits per heavy atom. The molecule has 2 fully saturated rings. The van der Waals surface area contributed by atoms with Gasteiger partial charge in [-0.3, -0.25) is 9.69 Å². The highest BCUT2D eigenvalue weighted by atomic mass is 19.4. The fourth-order valence-electron chi connectivity index (χ4n) is 4.16. The Hall–Kier alpha value is -2.96. The van der Waals surface area contributed by atoms with E-state index in [1.807, 2.05) is 23.0 Å². The number of alkyl halides is 3. The highest BCUT2D eigenvalue weighted by Gasteiger charge is 2.43. The summed E-state index contributed by atoms with van der Waals surface area (Å²) >= 11 is 0. The Morgan fingerprint density at radius 3 is 2.69 bits per heavy atom. The van der Waals surface area contributed by atoms with Gasteiger partial charge in [0.05, 0.1) is 25.0 Å². The predicted molar refractivity (Wildman–Crippen MR) is 119 cm³/mol. The first-order valence-corrected chi connectivity index (χ1v) is 11.2. The molecule has 9 nitrogen and oxygen atoms in total. The van der Waals surface area contributed by atoms with Crippen molar-refractivity contribution < 1.29 is 37.3 Å². The third-order valence-electron chi connectivity index (χ3n) is 5.73. The van der Waals surface area contributed by atoms with E-state index in [9.17, 15) is 18.0 Å². The van der Waals surface area contributed by atoms with Crippen LogP contribution in [0.2, 0.25) is 0 Å². The molecular weight excluding hydrogens is 469 g/mol. The van der Waals surface area contributed by atoms with Crippen molar-refractivity contribution in [1.82, 2.24) is 20.0 Å². The van der Waals surface area contributed by atoms with Crippen molar-refractivity contribution in [1.29, 1.82) is 0 Å². The molecule has 0 unspecified atom stereocenters. The number of para-hydroxylation sites is 1. The number of hydrogen-bond acceptors (Lipinski definition) is 6. The van der Waals surface area contributed by atoms with Gasteiger partial charge in [-0.1, -0.05) is 18.2 Å². The number of nitrogens with zero attached hydrogens (tertiary/aromatic N) is 3. The molecule has 0 bridgehead atoms. The zero-order valence-corrected chi connectivity index (χ0v) is 19.3. The van der Waals surface area contributed by atoms with E-state index in [1.54, 1.807) is 6.20 Å². The Morgan fingerprint density at radius 1 is 1.29 bits per heavy atom. The van der Waals surface area contributed by atoms with Crippen LogP contribution in [-0.2, 0) is 25.6 Å². The number of amides is 1. The van der Waals surface area contributed by atoms with E-state index in [-0.39, 0.29) is 17.6 Å². The van der Waals surface area contributed by atoms with Crippen LogP contribution in [-0.4, -0.2) is 82.4 Å². The number of carboxylic acids is 1. The van der Waals surface area contributed by atoms with Gasteiger partial charge in [0.2, 0.25) is 5.91 Å². The van der Waals surface area contributed by atoms with E-state index in [1.165, 1.54) is 12.5 Å². The van der Waals surface area contributed by atoms with Crippen LogP contribution in [0.25, 0.3) is 5.69 Å². The molecular formula is C23H29F3N4O5. The average molecular weight is 499 g/mol. The van der Waals surface area contributed by atoms with Crippen LogP contribution in [0.1, 0.15) is 25.3 Å². The molecule has 3 heterocycles. The van der Waals surface area contributed by atoms with Crippen molar-refractivity contribution in [3.8, 4) is 5.69 Å². The van der Waals surface area contributed by atoms with Crippen LogP contribution in [0, 0.1) is 0 Å². The molecule has 4 rings (SSSR count). The van der Waals surface area contributed by atoms with Gasteiger partial charge >= 0.3 is 12.1 Å². The second-order valence-electron chi connectivity index (χ2n) is 8.54. The molecule has 1 amide bonds. The number of ether oxygens (including phenoxy) is 2. The summed E-state index contributed by atoms with van der Waals surface area (Å²) in [6.45, 7) is 5.94. The molecule has 12 heteroatoms. The fraction of sp³-hybridized carbons (Fsp3) is 0.522. The predicted octanol–water partition coefficient (Wildman–Crippen LogP) is 2.39. The Balaban J connectivity index is 0.000000429. The maximum atomic E-state index is 11.2. The lowest BCUT2D eigenvalue weighted by Crippen LogP contribution is -2.45. The lowest BCUT2D eigenvalue weighted by Gasteiger charge is -2.32. The van der Waals surface area contributed by atoms with E-state index in [4.69, 9.17) is 19.4 Å². The summed E-state index contributed by atoms with van der Waals surface area (Å²) in [5, 5.41) is 14.4. The van der Waals surface area contributed by atoms with Gasteiger partial charge in [0.1, 0.15) is 5.60 Å². The topological polar surface area (TPSA) is 106 Å². The van der Waals surface area contributed by atoms with Gasteiger partial charge in [0.25, 0.3) is 0 Å². The minimum Gasteiger partial charge on any atom is -0.475 e. The van der Waals surface area contributed by atoms with Crippen LogP contribution in [0.5, 0.6) is 0 Å². The molecule has 1 aromatic carbocycles. The van der Waals surface area contributed by atoms with E-state index < -0.39 is 12.1 Å². The molecule has 2 atom stereocenters. The molecule has 0 saturated carbocycles. The van der Waals surface area contributed by atoms with Gasteiger partial charge in [0, 0.05) is 45.5 Å². The summed E-state index contributed by atoms with van der Waals surface area (Å²) in [4.78, 5) is 22.5. The number of nitrogens with one attached hydrogen (secondary N) is 1. The molecule has 2 N–H and O–H groups in total. The SMILES string of the molecule is CC(=O)NC[C@H]1CC[C@@]2(COCCN(Cc3ccccc3-n3cccn3)C2)O1.O=C(O)C(F)(F)F. The first-order valence-electron chi connectivity index (χ1n) is 11.2. The largest absolute Gasteiger partial charge is 0.490 e. The van der Waals surface area contributed by atoms with Gasteiger partial charge in [0.15, 0.2) is 0 Å². The van der Waals surface area contributed by atoms with Gasteiger partial charge in [-0.05, 0) is 30.5 Å². The van der Waals surface area contributed by atoms with E-state index >= 15 is 0 Å². The average Bonchev–Trinajstić information content (AvgIpc) is 3.42. The van der Waals surface area contributed by atoms with Gasteiger partial charge in [-0.25, -0.2) is 9.48 Å². The molecule has 192 valence electrons. The minimum absolute atomic E-state index is 0.0153. The van der Waals surface area contributed by atoms with Crippen LogP contribution < -0.4 is 5.32 Å². The number of halogens is 3. The Kier molecular flexibility index (Phi) is 8.87. The standard InChI is InChI=1S/C21H28N4O3.C2HF3O2/c1-17(26)22-13-19-7-8-21(28-19)15-24(11-12-27-16-21)14-18-5-2-3-6-20(18)25-10-4-9-23-25;3-2(4,5)1(6)7/h2-6,9-10,19H,7-8,11-16H2,1H3,(H,22,26);(H,6,7)/t19-,21-;/m1./s1. The van der Waals surface area contributed by atoms with Crippen molar-refractivity contribution in [3.63, 3.8) is 0 Å². The highest BCUT2D eigenvalue weighted by molar-refractivity contribution is 5.73. The van der Waals surface area contributed by atoms with Gasteiger partial charge in [-0.2, -0.15) is 18.3 Å². The quantitative estimate of drug-likeness (QED) is 0.652. The van der Waals surface area contributed by atoms with Gasteiger partial charge in [-0.15, -0.1) is 0 Å². The normalized spacial score (nSPS) is 22.8. The zero-order chi connectivity index (χ0) is 25.5. The number of aromatic nitrogens is 2. The molecule has 2 saturated heterocycles. The summed E-state index contributed by atoms with van der Waals surface area (Å²) in [7, 11) is 0. The van der Waals surface area contributed by atoms with Crippen molar-refractivity contribution in [2.45, 2.75) is 44.2 Å². The number of carbonyl (C=O) groups is 2. The Labute approximate surface area is 200 Å². The number of aliphatic carboxylic acids is 1. The molecule has 1 spiro atoms. The lowest BCUT2D eigenvalue weighted by molar-refractivity contribution is -0.192. The molecule has 0 radical (unpaired) electrons. The number of hydrogen-bond donors (Lipinski definition) is 2. The molecule has 2 aromatic rings. The van der Waals surface area contributed by atoms with Crippen LogP contribution >= 0.6 is 0 Å². The molecule has 1 aromatic heterocycles. The number of carbonyl (C=O) groups excluding carboxylic acids is 1. The lowest BCUT2D eigenvalue weighted by atomic mass is 9.99. The monoisotopic (exact) mass is 498 g/mol. The minimum atomic E-state index is -5.08. The third kappa shape index (κ3) is 7.77. The van der Waals surface area contributed by atoms with Crippen LogP contribution in [0.3, 0.4) is 0 Å². The maximum absolute atomic E-state index is 11.2. The summed E-state index contributed by atoms with van der Waals surface area (Å²) in [6.07, 6.45) is 0.644. The number of benzene rings is 1. The fourth-order valence-corrected chi connectivity index (χ4v) is 4.16. The number of rotatable bonds is 5. The van der Waals surface area contributed by atoms with Crippen molar-refractivity contribution in [2.75, 3.05) is 32.8 Å². The second kappa shape index (κ2) is 11.6. The number of carboxylic acid groups (broad SMARTS) is 1. The first kappa shape index (κ1) is 26.6. The molecule has 0 aliphatic carbocycles. The first-order chi connectivity index (χ1) is 16.6. The van der Waals surface area contributed by atoms with Crippen LogP contribution in [0.4, 0.5) is 13.2 Å².